The number of aromatic amines is 2. The highest BCUT2D eigenvalue weighted by molar-refractivity contribution is 6.03. The van der Waals surface area contributed by atoms with Crippen LogP contribution in [-0.2, 0) is 0 Å². The summed E-state index contributed by atoms with van der Waals surface area (Å²) in [7, 11) is 1.33. The molecule has 2 rings (SSSR count). The predicted octanol–water partition coefficient (Wildman–Crippen LogP) is 0.662. The zero-order valence-electron chi connectivity index (χ0n) is 10.4. The second-order valence-corrected chi connectivity index (χ2v) is 3.83. The third-order valence-corrected chi connectivity index (χ3v) is 2.53. The first kappa shape index (κ1) is 13.4. The van der Waals surface area contributed by atoms with Crippen LogP contribution in [0.1, 0.15) is 20.8 Å². The van der Waals surface area contributed by atoms with Crippen molar-refractivity contribution in [3.05, 3.63) is 46.1 Å². The molecule has 8 nitrogen and oxygen atoms in total. The number of aromatic carboxylic acids is 1. The summed E-state index contributed by atoms with van der Waals surface area (Å²) in [5, 5.41) is 11.4. The summed E-state index contributed by atoms with van der Waals surface area (Å²) in [6.07, 6.45) is 1.24. The molecule has 20 heavy (non-hydrogen) atoms. The Morgan fingerprint density at radius 2 is 2.10 bits per heavy atom. The molecule has 0 saturated carbocycles. The Hall–Kier alpha value is -3.03. The maximum Gasteiger partial charge on any atom is 0.339 e. The van der Waals surface area contributed by atoms with Crippen LogP contribution in [0, 0.1) is 0 Å². The van der Waals surface area contributed by atoms with Crippen molar-refractivity contribution < 1.29 is 19.4 Å². The molecule has 0 saturated heterocycles. The number of H-pyrrole nitrogens is 2. The van der Waals surface area contributed by atoms with Crippen LogP contribution >= 0.6 is 0 Å². The van der Waals surface area contributed by atoms with Gasteiger partial charge in [-0.25, -0.2) is 9.59 Å². The van der Waals surface area contributed by atoms with Crippen molar-refractivity contribution in [2.75, 3.05) is 12.4 Å². The summed E-state index contributed by atoms with van der Waals surface area (Å²) in [6.45, 7) is 0. The van der Waals surface area contributed by atoms with Gasteiger partial charge in [0, 0.05) is 18.0 Å². The number of nitrogens with one attached hydrogen (secondary N) is 3. The minimum Gasteiger partial charge on any atom is -0.496 e. The lowest BCUT2D eigenvalue weighted by atomic mass is 10.2. The standard InChI is InChI=1S/C12H11N3O5/c1-20-9-4-6(2-3-7(9)11(17)18)14-10(16)8-5-13-12(19)15-8/h2-5H,1H3,(H,14,16)(H,17,18)(H2,13,15,19). The number of ether oxygens (including phenoxy) is 1. The van der Waals surface area contributed by atoms with Crippen LogP contribution in [0.2, 0.25) is 0 Å². The fraction of sp³-hybridized carbons (Fsp3) is 0.0833. The van der Waals surface area contributed by atoms with E-state index in [-0.39, 0.29) is 17.0 Å². The molecule has 2 aromatic rings. The van der Waals surface area contributed by atoms with E-state index >= 15 is 0 Å². The highest BCUT2D eigenvalue weighted by atomic mass is 16.5. The minimum atomic E-state index is -1.13. The van der Waals surface area contributed by atoms with Crippen LogP contribution < -0.4 is 15.7 Å². The van der Waals surface area contributed by atoms with Crippen molar-refractivity contribution in [1.82, 2.24) is 9.97 Å². The lowest BCUT2D eigenvalue weighted by Crippen LogP contribution is -2.14. The molecule has 0 aliphatic rings. The van der Waals surface area contributed by atoms with Crippen molar-refractivity contribution in [3.63, 3.8) is 0 Å². The maximum absolute atomic E-state index is 11.8. The Balaban J connectivity index is 2.24. The van der Waals surface area contributed by atoms with Gasteiger partial charge in [0.2, 0.25) is 0 Å². The number of carboxylic acid groups (broad SMARTS) is 1. The third-order valence-electron chi connectivity index (χ3n) is 2.53. The molecule has 0 unspecified atom stereocenters. The second-order valence-electron chi connectivity index (χ2n) is 3.83. The predicted molar refractivity (Wildman–Crippen MR) is 69.3 cm³/mol. The quantitative estimate of drug-likeness (QED) is 0.653. The molecule has 0 fully saturated rings. The number of amides is 1. The van der Waals surface area contributed by atoms with Gasteiger partial charge in [-0.3, -0.25) is 4.79 Å². The van der Waals surface area contributed by atoms with E-state index in [0.29, 0.717) is 5.69 Å². The number of anilines is 1. The van der Waals surface area contributed by atoms with Crippen LogP contribution in [0.4, 0.5) is 5.69 Å². The molecule has 4 N–H and O–H groups in total. The van der Waals surface area contributed by atoms with Crippen LogP contribution in [0.3, 0.4) is 0 Å². The average Bonchev–Trinajstić information content (AvgIpc) is 2.85. The highest BCUT2D eigenvalue weighted by Crippen LogP contribution is 2.23. The number of carbonyl (C=O) groups is 2. The largest absolute Gasteiger partial charge is 0.496 e. The van der Waals surface area contributed by atoms with Crippen molar-refractivity contribution in [2.24, 2.45) is 0 Å². The number of aromatic nitrogens is 2. The fourth-order valence-electron chi connectivity index (χ4n) is 1.60. The number of rotatable bonds is 4. The molecular formula is C12H11N3O5. The average molecular weight is 277 g/mol. The van der Waals surface area contributed by atoms with Crippen molar-refractivity contribution in [3.8, 4) is 5.75 Å². The van der Waals surface area contributed by atoms with Gasteiger partial charge in [-0.15, -0.1) is 0 Å². The van der Waals surface area contributed by atoms with Gasteiger partial charge in [-0.2, -0.15) is 0 Å². The number of methoxy groups -OCH3 is 1. The summed E-state index contributed by atoms with van der Waals surface area (Å²) < 4.78 is 4.94. The van der Waals surface area contributed by atoms with Crippen LogP contribution in [0.25, 0.3) is 0 Å². The first-order valence-electron chi connectivity index (χ1n) is 5.51. The number of carbonyl (C=O) groups excluding carboxylic acids is 1. The van der Waals surface area contributed by atoms with E-state index < -0.39 is 17.6 Å². The van der Waals surface area contributed by atoms with Crippen LogP contribution in [0.5, 0.6) is 5.75 Å². The van der Waals surface area contributed by atoms with Gasteiger partial charge in [0.1, 0.15) is 17.0 Å². The number of hydrogen-bond acceptors (Lipinski definition) is 4. The van der Waals surface area contributed by atoms with Gasteiger partial charge < -0.3 is 25.1 Å². The van der Waals surface area contributed by atoms with Gasteiger partial charge in [-0.1, -0.05) is 0 Å². The summed E-state index contributed by atoms with van der Waals surface area (Å²) in [6, 6.07) is 4.12. The SMILES string of the molecule is COc1cc(NC(=O)c2c[nH]c(=O)[nH]2)ccc1C(=O)O. The topological polar surface area (TPSA) is 124 Å². The number of carboxylic acids is 1. The lowest BCUT2D eigenvalue weighted by Gasteiger charge is -2.08. The first-order valence-corrected chi connectivity index (χ1v) is 5.51. The first-order chi connectivity index (χ1) is 9.51. The van der Waals surface area contributed by atoms with Gasteiger partial charge in [-0.05, 0) is 12.1 Å². The Morgan fingerprint density at radius 3 is 2.65 bits per heavy atom. The normalized spacial score (nSPS) is 10.1. The molecule has 0 spiro atoms. The molecule has 1 amide bonds. The van der Waals surface area contributed by atoms with E-state index in [9.17, 15) is 14.4 Å². The van der Waals surface area contributed by atoms with Gasteiger partial charge >= 0.3 is 11.7 Å². The zero-order valence-corrected chi connectivity index (χ0v) is 10.4. The van der Waals surface area contributed by atoms with Gasteiger partial charge in [0.25, 0.3) is 5.91 Å². The summed E-state index contributed by atoms with van der Waals surface area (Å²) >= 11 is 0. The Kier molecular flexibility index (Phi) is 3.56. The molecule has 0 aliphatic heterocycles. The van der Waals surface area contributed by atoms with Crippen LogP contribution in [-0.4, -0.2) is 34.1 Å². The Morgan fingerprint density at radius 1 is 1.35 bits per heavy atom. The molecule has 0 bridgehead atoms. The monoisotopic (exact) mass is 277 g/mol. The summed E-state index contributed by atoms with van der Waals surface area (Å²) in [4.78, 5) is 38.2. The molecule has 8 heteroatoms. The smallest absolute Gasteiger partial charge is 0.339 e. The summed E-state index contributed by atoms with van der Waals surface area (Å²) in [5.74, 6) is -1.54. The maximum atomic E-state index is 11.8. The number of hydrogen-bond donors (Lipinski definition) is 4. The van der Waals surface area contributed by atoms with Gasteiger partial charge in [0.05, 0.1) is 7.11 Å². The lowest BCUT2D eigenvalue weighted by molar-refractivity contribution is 0.0693. The van der Waals surface area contributed by atoms with E-state index in [2.05, 4.69) is 15.3 Å². The van der Waals surface area contributed by atoms with E-state index in [1.54, 1.807) is 0 Å². The highest BCUT2D eigenvalue weighted by Gasteiger charge is 2.13. The van der Waals surface area contributed by atoms with Crippen LogP contribution in [0.15, 0.2) is 29.2 Å². The summed E-state index contributed by atoms with van der Waals surface area (Å²) in [5.41, 5.74) is -0.0929. The number of benzene rings is 1. The Bertz CT molecular complexity index is 716. The molecule has 0 radical (unpaired) electrons. The van der Waals surface area contributed by atoms with Crippen molar-refractivity contribution in [1.29, 1.82) is 0 Å². The van der Waals surface area contributed by atoms with E-state index in [0.717, 1.165) is 0 Å². The number of imidazole rings is 1. The molecule has 1 aromatic heterocycles. The van der Waals surface area contributed by atoms with Gasteiger partial charge in [0.15, 0.2) is 0 Å². The molecular weight excluding hydrogens is 266 g/mol. The second kappa shape index (κ2) is 5.31. The van der Waals surface area contributed by atoms with E-state index in [1.807, 2.05) is 0 Å². The molecule has 1 heterocycles. The fourth-order valence-corrected chi connectivity index (χ4v) is 1.60. The van der Waals surface area contributed by atoms with Crippen molar-refractivity contribution >= 4 is 17.6 Å². The molecule has 104 valence electrons. The van der Waals surface area contributed by atoms with E-state index in [1.165, 1.54) is 31.5 Å². The van der Waals surface area contributed by atoms with Crippen molar-refractivity contribution in [2.45, 2.75) is 0 Å². The van der Waals surface area contributed by atoms with E-state index in [4.69, 9.17) is 9.84 Å². The molecule has 0 atom stereocenters. The minimum absolute atomic E-state index is 0.0134. The Labute approximate surface area is 112 Å². The molecule has 1 aromatic carbocycles. The third kappa shape index (κ3) is 2.69. The molecule has 0 aliphatic carbocycles. The zero-order chi connectivity index (χ0) is 14.7.